The molecule has 4 amide bonds. The van der Waals surface area contributed by atoms with E-state index in [9.17, 15) is 24.3 Å². The first-order valence-corrected chi connectivity index (χ1v) is 13.2. The number of benzene rings is 1. The predicted molar refractivity (Wildman–Crippen MR) is 145 cm³/mol. The van der Waals surface area contributed by atoms with Gasteiger partial charge in [0.15, 0.2) is 0 Å². The summed E-state index contributed by atoms with van der Waals surface area (Å²) in [7, 11) is 2.88. The van der Waals surface area contributed by atoms with Crippen molar-refractivity contribution in [3.63, 3.8) is 0 Å². The number of fused-ring (bicyclic) bond motifs is 1. The van der Waals surface area contributed by atoms with Crippen molar-refractivity contribution in [2.24, 2.45) is 0 Å². The van der Waals surface area contributed by atoms with Gasteiger partial charge in [-0.15, -0.1) is 11.3 Å². The molecular formula is C28H27N3O7S. The van der Waals surface area contributed by atoms with Crippen LogP contribution in [-0.2, 0) is 22.4 Å². The number of carbonyl (C=O) groups excluding carboxylic acids is 3. The van der Waals surface area contributed by atoms with E-state index >= 15 is 0 Å². The predicted octanol–water partition coefficient (Wildman–Crippen LogP) is 4.42. The topological polar surface area (TPSA) is 127 Å². The van der Waals surface area contributed by atoms with Crippen molar-refractivity contribution in [3.05, 3.63) is 62.8 Å². The molecule has 5 rings (SSSR count). The fourth-order valence-electron chi connectivity index (χ4n) is 5.18. The van der Waals surface area contributed by atoms with Crippen LogP contribution in [-0.4, -0.2) is 47.7 Å². The number of thiophene rings is 1. The molecule has 1 saturated heterocycles. The van der Waals surface area contributed by atoms with Crippen LogP contribution >= 0.6 is 11.3 Å². The summed E-state index contributed by atoms with van der Waals surface area (Å²) in [6.07, 6.45) is 5.00. The maximum absolute atomic E-state index is 13.5. The number of amides is 4. The highest BCUT2D eigenvalue weighted by Gasteiger charge is 2.38. The van der Waals surface area contributed by atoms with Crippen LogP contribution in [0.1, 0.15) is 50.6 Å². The number of aromatic carboxylic acids is 1. The standard InChI is InChI=1S/C28H27N3O7S/c1-14-11-16(15(2)30(14)26-23(27(34)35)18-7-5-6-8-22(18)39-26)12-19-24(32)29-28(36)31(25(19)33)20-10-9-17(37-3)13-21(20)38-4/h9-13H,5-8H2,1-4H3,(H,34,35)(H,29,32,36)/b19-12+. The van der Waals surface area contributed by atoms with E-state index in [1.54, 1.807) is 12.1 Å². The van der Waals surface area contributed by atoms with Gasteiger partial charge in [-0.25, -0.2) is 14.5 Å². The summed E-state index contributed by atoms with van der Waals surface area (Å²) in [5.74, 6) is -1.92. The van der Waals surface area contributed by atoms with Gasteiger partial charge in [0.1, 0.15) is 22.1 Å². The van der Waals surface area contributed by atoms with Crippen LogP contribution in [0.15, 0.2) is 29.8 Å². The molecule has 3 heterocycles. The smallest absolute Gasteiger partial charge is 0.339 e. The minimum absolute atomic E-state index is 0.153. The molecule has 0 atom stereocenters. The Bertz CT molecular complexity index is 1580. The molecule has 0 saturated carbocycles. The van der Waals surface area contributed by atoms with Crippen LogP contribution in [0.5, 0.6) is 11.5 Å². The Morgan fingerprint density at radius 1 is 1.08 bits per heavy atom. The third kappa shape index (κ3) is 4.38. The number of carboxylic acid groups (broad SMARTS) is 1. The van der Waals surface area contributed by atoms with Crippen LogP contribution in [0.4, 0.5) is 10.5 Å². The Morgan fingerprint density at radius 3 is 2.51 bits per heavy atom. The van der Waals surface area contributed by atoms with Gasteiger partial charge in [0.05, 0.1) is 25.5 Å². The summed E-state index contributed by atoms with van der Waals surface area (Å²) in [6.45, 7) is 3.66. The molecule has 3 aromatic rings. The van der Waals surface area contributed by atoms with Crippen molar-refractivity contribution < 1.29 is 33.8 Å². The van der Waals surface area contributed by atoms with E-state index in [-0.39, 0.29) is 17.0 Å². The summed E-state index contributed by atoms with van der Waals surface area (Å²) in [5.41, 5.74) is 3.11. The summed E-state index contributed by atoms with van der Waals surface area (Å²) in [6, 6.07) is 5.50. The highest BCUT2D eigenvalue weighted by atomic mass is 32.1. The number of nitrogens with one attached hydrogen (secondary N) is 1. The second-order valence-corrected chi connectivity index (χ2v) is 10.4. The van der Waals surface area contributed by atoms with Gasteiger partial charge < -0.3 is 19.1 Å². The van der Waals surface area contributed by atoms with E-state index in [1.807, 2.05) is 18.4 Å². The lowest BCUT2D eigenvalue weighted by Crippen LogP contribution is -2.54. The molecule has 1 fully saturated rings. The number of rotatable bonds is 6. The largest absolute Gasteiger partial charge is 0.497 e. The zero-order chi connectivity index (χ0) is 28.0. The Labute approximate surface area is 228 Å². The first-order valence-electron chi connectivity index (χ1n) is 12.4. The van der Waals surface area contributed by atoms with Crippen molar-refractivity contribution in [1.29, 1.82) is 0 Å². The average Bonchev–Trinajstić information content (AvgIpc) is 3.42. The Hall–Kier alpha value is -4.38. The van der Waals surface area contributed by atoms with Gasteiger partial charge >= 0.3 is 12.0 Å². The fourth-order valence-corrected chi connectivity index (χ4v) is 6.67. The third-order valence-corrected chi connectivity index (χ3v) is 8.35. The Balaban J connectivity index is 1.59. The molecule has 1 aromatic carbocycles. The van der Waals surface area contributed by atoms with Gasteiger partial charge in [-0.05, 0) is 74.9 Å². The SMILES string of the molecule is COc1ccc(N2C(=O)NC(=O)/C(=C\c3cc(C)n(-c4sc5c(c4C(=O)O)CCCC5)c3C)C2=O)c(OC)c1. The fraction of sp³-hybridized carbons (Fsp3) is 0.286. The highest BCUT2D eigenvalue weighted by Crippen LogP contribution is 2.39. The molecular weight excluding hydrogens is 522 g/mol. The van der Waals surface area contributed by atoms with Crippen molar-refractivity contribution in [2.75, 3.05) is 19.1 Å². The number of hydrogen-bond acceptors (Lipinski definition) is 7. The zero-order valence-corrected chi connectivity index (χ0v) is 22.7. The molecule has 11 heteroatoms. The Morgan fingerprint density at radius 2 is 1.82 bits per heavy atom. The normalized spacial score (nSPS) is 16.4. The van der Waals surface area contributed by atoms with E-state index in [0.29, 0.717) is 27.6 Å². The van der Waals surface area contributed by atoms with Crippen LogP contribution in [0, 0.1) is 13.8 Å². The van der Waals surface area contributed by atoms with E-state index in [1.165, 1.54) is 43.8 Å². The molecule has 1 aliphatic carbocycles. The maximum atomic E-state index is 13.5. The second kappa shape index (κ2) is 10.1. The molecule has 202 valence electrons. The van der Waals surface area contributed by atoms with Crippen LogP contribution in [0.25, 0.3) is 11.1 Å². The molecule has 2 N–H and O–H groups in total. The molecule has 0 radical (unpaired) electrons. The number of aryl methyl sites for hydroxylation is 2. The summed E-state index contributed by atoms with van der Waals surface area (Å²) in [5, 5.41) is 12.9. The molecule has 2 aromatic heterocycles. The Kier molecular flexibility index (Phi) is 6.77. The van der Waals surface area contributed by atoms with Crippen LogP contribution in [0.3, 0.4) is 0 Å². The first-order chi connectivity index (χ1) is 18.7. The summed E-state index contributed by atoms with van der Waals surface area (Å²) < 4.78 is 12.4. The number of carbonyl (C=O) groups is 4. The monoisotopic (exact) mass is 549 g/mol. The number of carboxylic acids is 1. The van der Waals surface area contributed by atoms with E-state index in [2.05, 4.69) is 5.32 Å². The number of nitrogens with zero attached hydrogens (tertiary/aromatic N) is 2. The second-order valence-electron chi connectivity index (χ2n) is 9.35. The molecule has 39 heavy (non-hydrogen) atoms. The van der Waals surface area contributed by atoms with E-state index < -0.39 is 23.8 Å². The first kappa shape index (κ1) is 26.2. The number of urea groups is 1. The van der Waals surface area contributed by atoms with Crippen molar-refractivity contribution >= 4 is 46.9 Å². The number of anilines is 1. The summed E-state index contributed by atoms with van der Waals surface area (Å²) >= 11 is 1.48. The van der Waals surface area contributed by atoms with Gasteiger partial charge in [0.2, 0.25) is 0 Å². The van der Waals surface area contributed by atoms with Gasteiger partial charge in [-0.2, -0.15) is 0 Å². The molecule has 0 unspecified atom stereocenters. The maximum Gasteiger partial charge on any atom is 0.339 e. The molecule has 2 aliphatic rings. The number of ether oxygens (including phenoxy) is 2. The highest BCUT2D eigenvalue weighted by molar-refractivity contribution is 7.15. The van der Waals surface area contributed by atoms with Crippen molar-refractivity contribution in [1.82, 2.24) is 9.88 Å². The number of aromatic nitrogens is 1. The number of methoxy groups -OCH3 is 2. The lowest BCUT2D eigenvalue weighted by atomic mass is 9.95. The van der Waals surface area contributed by atoms with Gasteiger partial charge in [0.25, 0.3) is 11.8 Å². The van der Waals surface area contributed by atoms with Crippen LogP contribution in [0.2, 0.25) is 0 Å². The van der Waals surface area contributed by atoms with Gasteiger partial charge in [-0.1, -0.05) is 0 Å². The molecule has 10 nitrogen and oxygen atoms in total. The van der Waals surface area contributed by atoms with Crippen LogP contribution < -0.4 is 19.7 Å². The molecule has 0 bridgehead atoms. The molecule has 1 aliphatic heterocycles. The van der Waals surface area contributed by atoms with Gasteiger partial charge in [-0.3, -0.25) is 14.9 Å². The zero-order valence-electron chi connectivity index (χ0n) is 21.9. The minimum Gasteiger partial charge on any atom is -0.497 e. The van der Waals surface area contributed by atoms with Crippen molar-refractivity contribution in [2.45, 2.75) is 39.5 Å². The van der Waals surface area contributed by atoms with Gasteiger partial charge in [0, 0.05) is 22.3 Å². The third-order valence-electron chi connectivity index (χ3n) is 7.07. The number of imide groups is 2. The van der Waals surface area contributed by atoms with E-state index in [4.69, 9.17) is 9.47 Å². The lowest BCUT2D eigenvalue weighted by molar-refractivity contribution is -0.122. The van der Waals surface area contributed by atoms with E-state index in [0.717, 1.165) is 46.7 Å². The minimum atomic E-state index is -0.971. The quantitative estimate of drug-likeness (QED) is 0.344. The number of hydrogen-bond donors (Lipinski definition) is 2. The molecule has 0 spiro atoms. The average molecular weight is 550 g/mol. The van der Waals surface area contributed by atoms with Crippen molar-refractivity contribution in [3.8, 4) is 16.5 Å². The number of barbiturate groups is 1. The lowest BCUT2D eigenvalue weighted by Gasteiger charge is -2.27. The summed E-state index contributed by atoms with van der Waals surface area (Å²) in [4.78, 5) is 53.3.